The first-order valence-corrected chi connectivity index (χ1v) is 5.52. The molecule has 0 bridgehead atoms. The molecule has 0 unspecified atom stereocenters. The van der Waals surface area contributed by atoms with Gasteiger partial charge in [-0.1, -0.05) is 12.2 Å². The van der Waals surface area contributed by atoms with Crippen molar-refractivity contribution in [2.24, 2.45) is 5.73 Å². The standard InChI is InChI=1S/C12H20N2O2.ClH/c1-3-7-14(8-4-2)11(15)12(13)5-9-16-10-6-12;/h3-4H,1-2,5-10,13H2;1H. The van der Waals surface area contributed by atoms with Crippen molar-refractivity contribution >= 4 is 18.3 Å². The predicted molar refractivity (Wildman–Crippen MR) is 71.2 cm³/mol. The van der Waals surface area contributed by atoms with Crippen LogP contribution < -0.4 is 5.73 Å². The highest BCUT2D eigenvalue weighted by atomic mass is 35.5. The van der Waals surface area contributed by atoms with Crippen LogP contribution in [0.15, 0.2) is 25.3 Å². The van der Waals surface area contributed by atoms with Gasteiger partial charge in [0.15, 0.2) is 0 Å². The molecule has 5 heteroatoms. The van der Waals surface area contributed by atoms with Gasteiger partial charge in [0.2, 0.25) is 5.91 Å². The average molecular weight is 261 g/mol. The second-order valence-electron chi connectivity index (χ2n) is 4.06. The van der Waals surface area contributed by atoms with Gasteiger partial charge >= 0.3 is 0 Å². The van der Waals surface area contributed by atoms with E-state index in [0.717, 1.165) is 0 Å². The van der Waals surface area contributed by atoms with Crippen molar-refractivity contribution in [2.45, 2.75) is 18.4 Å². The van der Waals surface area contributed by atoms with Gasteiger partial charge in [0.1, 0.15) is 0 Å². The first-order valence-electron chi connectivity index (χ1n) is 5.52. The van der Waals surface area contributed by atoms with Crippen LogP contribution in [0.2, 0.25) is 0 Å². The summed E-state index contributed by atoms with van der Waals surface area (Å²) in [5.41, 5.74) is 5.35. The molecule has 2 N–H and O–H groups in total. The first kappa shape index (κ1) is 16.2. The molecule has 0 aromatic rings. The smallest absolute Gasteiger partial charge is 0.243 e. The van der Waals surface area contributed by atoms with Gasteiger partial charge in [0.05, 0.1) is 5.54 Å². The molecule has 0 radical (unpaired) electrons. The van der Waals surface area contributed by atoms with Gasteiger partial charge in [-0.3, -0.25) is 4.79 Å². The van der Waals surface area contributed by atoms with Crippen LogP contribution in [0.25, 0.3) is 0 Å². The van der Waals surface area contributed by atoms with Crippen LogP contribution in [-0.2, 0) is 9.53 Å². The molecule has 1 aliphatic heterocycles. The highest BCUT2D eigenvalue weighted by Crippen LogP contribution is 2.20. The summed E-state index contributed by atoms with van der Waals surface area (Å²) in [6.45, 7) is 9.40. The lowest BCUT2D eigenvalue weighted by molar-refractivity contribution is -0.139. The highest BCUT2D eigenvalue weighted by molar-refractivity contribution is 5.86. The molecule has 1 rings (SSSR count). The predicted octanol–water partition coefficient (Wildman–Crippen LogP) is 1.12. The fourth-order valence-corrected chi connectivity index (χ4v) is 1.82. The van der Waals surface area contributed by atoms with Crippen LogP contribution in [-0.4, -0.2) is 42.6 Å². The number of halogens is 1. The van der Waals surface area contributed by atoms with Crippen molar-refractivity contribution in [1.29, 1.82) is 0 Å². The van der Waals surface area contributed by atoms with E-state index in [1.165, 1.54) is 0 Å². The fraction of sp³-hybridized carbons (Fsp3) is 0.583. The van der Waals surface area contributed by atoms with Crippen LogP contribution in [0.3, 0.4) is 0 Å². The number of nitrogens with zero attached hydrogens (tertiary/aromatic N) is 1. The van der Waals surface area contributed by atoms with Crippen molar-refractivity contribution in [3.8, 4) is 0 Å². The minimum Gasteiger partial charge on any atom is -0.381 e. The van der Waals surface area contributed by atoms with E-state index in [-0.39, 0.29) is 18.3 Å². The molecule has 0 atom stereocenters. The summed E-state index contributed by atoms with van der Waals surface area (Å²) >= 11 is 0. The van der Waals surface area contributed by atoms with E-state index in [4.69, 9.17) is 10.5 Å². The average Bonchev–Trinajstić information content (AvgIpc) is 2.29. The Morgan fingerprint density at radius 2 is 1.76 bits per heavy atom. The Balaban J connectivity index is 0.00000256. The third-order valence-corrected chi connectivity index (χ3v) is 2.80. The van der Waals surface area contributed by atoms with E-state index in [1.807, 2.05) is 0 Å². The van der Waals surface area contributed by atoms with Gasteiger partial charge in [-0.25, -0.2) is 0 Å². The summed E-state index contributed by atoms with van der Waals surface area (Å²) < 4.78 is 5.22. The number of amides is 1. The molecular weight excluding hydrogens is 240 g/mol. The molecule has 1 fully saturated rings. The molecule has 0 spiro atoms. The Bertz CT molecular complexity index is 266. The third kappa shape index (κ3) is 4.15. The number of ether oxygens (including phenoxy) is 1. The molecular formula is C12H21ClN2O2. The lowest BCUT2D eigenvalue weighted by atomic mass is 9.89. The Hall–Kier alpha value is -0.840. The lowest BCUT2D eigenvalue weighted by Gasteiger charge is -2.36. The largest absolute Gasteiger partial charge is 0.381 e. The Labute approximate surface area is 109 Å². The molecule has 1 heterocycles. The molecule has 0 aromatic heterocycles. The number of hydrogen-bond donors (Lipinski definition) is 1. The van der Waals surface area contributed by atoms with Crippen LogP contribution >= 0.6 is 12.4 Å². The maximum Gasteiger partial charge on any atom is 0.243 e. The van der Waals surface area contributed by atoms with Gasteiger partial charge in [-0.2, -0.15) is 0 Å². The lowest BCUT2D eigenvalue weighted by Crippen LogP contribution is -2.58. The summed E-state index contributed by atoms with van der Waals surface area (Å²) in [7, 11) is 0. The molecule has 1 saturated heterocycles. The molecule has 0 aromatic carbocycles. The van der Waals surface area contributed by atoms with Gasteiger partial charge in [0.25, 0.3) is 0 Å². The van der Waals surface area contributed by atoms with E-state index < -0.39 is 5.54 Å². The number of rotatable bonds is 5. The second kappa shape index (κ2) is 7.48. The normalized spacial score (nSPS) is 17.7. The quantitative estimate of drug-likeness (QED) is 0.754. The van der Waals surface area contributed by atoms with E-state index in [0.29, 0.717) is 39.1 Å². The Morgan fingerprint density at radius 1 is 1.29 bits per heavy atom. The van der Waals surface area contributed by atoms with E-state index in [2.05, 4.69) is 13.2 Å². The molecule has 17 heavy (non-hydrogen) atoms. The summed E-state index contributed by atoms with van der Waals surface area (Å²) in [5.74, 6) is -0.0319. The zero-order valence-corrected chi connectivity index (χ0v) is 10.9. The SMILES string of the molecule is C=CCN(CC=C)C(=O)C1(N)CCOCC1.Cl. The molecule has 1 aliphatic rings. The van der Waals surface area contributed by atoms with Crippen LogP contribution in [0, 0.1) is 0 Å². The summed E-state index contributed by atoms with van der Waals surface area (Å²) in [6, 6.07) is 0. The molecule has 98 valence electrons. The summed E-state index contributed by atoms with van der Waals surface area (Å²) in [5, 5.41) is 0. The summed E-state index contributed by atoms with van der Waals surface area (Å²) in [6.07, 6.45) is 4.56. The van der Waals surface area contributed by atoms with E-state index >= 15 is 0 Å². The van der Waals surface area contributed by atoms with Crippen molar-refractivity contribution in [3.63, 3.8) is 0 Å². The molecule has 0 aliphatic carbocycles. The molecule has 4 nitrogen and oxygen atoms in total. The monoisotopic (exact) mass is 260 g/mol. The minimum atomic E-state index is -0.774. The zero-order chi connectivity index (χ0) is 12.0. The van der Waals surface area contributed by atoms with Gasteiger partial charge in [0, 0.05) is 26.3 Å². The van der Waals surface area contributed by atoms with E-state index in [9.17, 15) is 4.79 Å². The third-order valence-electron chi connectivity index (χ3n) is 2.80. The van der Waals surface area contributed by atoms with Gasteiger partial charge < -0.3 is 15.4 Å². The minimum absolute atomic E-state index is 0. The van der Waals surface area contributed by atoms with Gasteiger partial charge in [-0.05, 0) is 12.8 Å². The zero-order valence-electron chi connectivity index (χ0n) is 10.1. The number of carbonyl (C=O) groups is 1. The number of nitrogens with two attached hydrogens (primary N) is 1. The van der Waals surface area contributed by atoms with Crippen LogP contribution in [0.4, 0.5) is 0 Å². The molecule has 0 saturated carbocycles. The van der Waals surface area contributed by atoms with Crippen LogP contribution in [0.5, 0.6) is 0 Å². The second-order valence-corrected chi connectivity index (χ2v) is 4.06. The van der Waals surface area contributed by atoms with E-state index in [1.54, 1.807) is 17.1 Å². The number of carbonyl (C=O) groups excluding carboxylic acids is 1. The van der Waals surface area contributed by atoms with Crippen molar-refractivity contribution in [1.82, 2.24) is 4.90 Å². The molecule has 1 amide bonds. The highest BCUT2D eigenvalue weighted by Gasteiger charge is 2.38. The Kier molecular flexibility index (Phi) is 7.11. The first-order chi connectivity index (χ1) is 7.64. The van der Waals surface area contributed by atoms with Gasteiger partial charge in [-0.15, -0.1) is 25.6 Å². The van der Waals surface area contributed by atoms with Crippen molar-refractivity contribution in [2.75, 3.05) is 26.3 Å². The topological polar surface area (TPSA) is 55.6 Å². The Morgan fingerprint density at radius 3 is 2.18 bits per heavy atom. The van der Waals surface area contributed by atoms with Crippen molar-refractivity contribution in [3.05, 3.63) is 25.3 Å². The summed E-state index contributed by atoms with van der Waals surface area (Å²) in [4.78, 5) is 13.9. The van der Waals surface area contributed by atoms with Crippen LogP contribution in [0.1, 0.15) is 12.8 Å². The number of hydrogen-bond acceptors (Lipinski definition) is 3. The van der Waals surface area contributed by atoms with Crippen molar-refractivity contribution < 1.29 is 9.53 Å². The maximum absolute atomic E-state index is 12.2. The fourth-order valence-electron chi connectivity index (χ4n) is 1.82. The maximum atomic E-state index is 12.2.